The maximum Gasteiger partial charge on any atom is 0.233 e. The molecule has 0 N–H and O–H groups in total. The van der Waals surface area contributed by atoms with Crippen molar-refractivity contribution in [3.8, 4) is 11.8 Å². The van der Waals surface area contributed by atoms with Gasteiger partial charge in [-0.3, -0.25) is 4.79 Å². The summed E-state index contributed by atoms with van der Waals surface area (Å²) in [5.41, 5.74) is 1.33. The molecule has 1 aromatic carbocycles. The minimum Gasteiger partial charge on any atom is -0.480 e. The second-order valence-electron chi connectivity index (χ2n) is 6.83. The average Bonchev–Trinajstić information content (AvgIpc) is 2.72. The van der Waals surface area contributed by atoms with Gasteiger partial charge >= 0.3 is 0 Å². The third kappa shape index (κ3) is 5.94. The molecule has 0 bridgehead atoms. The van der Waals surface area contributed by atoms with Gasteiger partial charge in [-0.05, 0) is 37.7 Å². The number of hydrogen-bond acceptors (Lipinski definition) is 5. The standard InChI is InChI=1S/C21H27N3O3/c1-26-19-13-14-20(23-22-19)27-18-11-7-15-24(16-18)21(25)12-6-5-10-17-8-3-2-4-9-17/h2-4,8-9,13-14,18H,5-7,10-12,15-16H2,1H3. The number of hydrogen-bond donors (Lipinski definition) is 0. The van der Waals surface area contributed by atoms with Crippen molar-refractivity contribution in [3.63, 3.8) is 0 Å². The van der Waals surface area contributed by atoms with E-state index in [2.05, 4.69) is 34.5 Å². The van der Waals surface area contributed by atoms with Gasteiger partial charge in [0.15, 0.2) is 0 Å². The van der Waals surface area contributed by atoms with Gasteiger partial charge in [0.25, 0.3) is 0 Å². The molecule has 1 aliphatic heterocycles. The molecule has 144 valence electrons. The SMILES string of the molecule is COc1ccc(OC2CCCN(C(=O)CCCCc3ccccc3)C2)nn1. The van der Waals surface area contributed by atoms with Gasteiger partial charge in [0.2, 0.25) is 17.7 Å². The number of rotatable bonds is 8. The number of nitrogens with zero attached hydrogens (tertiary/aromatic N) is 3. The predicted octanol–water partition coefficient (Wildman–Crippen LogP) is 3.27. The topological polar surface area (TPSA) is 64.6 Å². The van der Waals surface area contributed by atoms with Crippen LogP contribution in [0.25, 0.3) is 0 Å². The van der Waals surface area contributed by atoms with E-state index in [0.29, 0.717) is 24.7 Å². The number of ether oxygens (including phenoxy) is 2. The summed E-state index contributed by atoms with van der Waals surface area (Å²) >= 11 is 0. The number of aromatic nitrogens is 2. The van der Waals surface area contributed by atoms with Crippen LogP contribution in [-0.4, -0.2) is 47.3 Å². The molecule has 0 spiro atoms. The minimum absolute atomic E-state index is 0.0327. The van der Waals surface area contributed by atoms with E-state index < -0.39 is 0 Å². The first-order valence-electron chi connectivity index (χ1n) is 9.60. The number of carbonyl (C=O) groups is 1. The summed E-state index contributed by atoms with van der Waals surface area (Å²) in [7, 11) is 1.55. The molecule has 1 aromatic heterocycles. The minimum atomic E-state index is -0.0327. The smallest absolute Gasteiger partial charge is 0.233 e. The molecule has 27 heavy (non-hydrogen) atoms. The van der Waals surface area contributed by atoms with Gasteiger partial charge in [-0.1, -0.05) is 30.3 Å². The van der Waals surface area contributed by atoms with Crippen LogP contribution in [0, 0.1) is 0 Å². The van der Waals surface area contributed by atoms with E-state index in [-0.39, 0.29) is 12.0 Å². The third-order valence-electron chi connectivity index (χ3n) is 4.79. The van der Waals surface area contributed by atoms with E-state index >= 15 is 0 Å². The molecule has 0 aliphatic carbocycles. The summed E-state index contributed by atoms with van der Waals surface area (Å²) in [5.74, 6) is 1.15. The van der Waals surface area contributed by atoms with Gasteiger partial charge < -0.3 is 14.4 Å². The fourth-order valence-corrected chi connectivity index (χ4v) is 3.32. The van der Waals surface area contributed by atoms with E-state index in [9.17, 15) is 4.79 Å². The number of likely N-dealkylation sites (tertiary alicyclic amines) is 1. The van der Waals surface area contributed by atoms with E-state index in [1.807, 2.05) is 11.0 Å². The number of methoxy groups -OCH3 is 1. The molecule has 1 amide bonds. The summed E-state index contributed by atoms with van der Waals surface area (Å²) in [6.07, 6.45) is 5.41. The molecular weight excluding hydrogens is 342 g/mol. The Morgan fingerprint density at radius 2 is 1.89 bits per heavy atom. The number of aryl methyl sites for hydroxylation is 1. The molecule has 1 fully saturated rings. The molecule has 1 atom stereocenters. The summed E-state index contributed by atoms with van der Waals surface area (Å²) in [6.45, 7) is 1.43. The summed E-state index contributed by atoms with van der Waals surface area (Å²) in [4.78, 5) is 14.4. The van der Waals surface area contributed by atoms with E-state index in [0.717, 1.165) is 38.6 Å². The Bertz CT molecular complexity index is 706. The lowest BCUT2D eigenvalue weighted by atomic mass is 10.1. The average molecular weight is 369 g/mol. The van der Waals surface area contributed by atoms with Crippen LogP contribution in [0.2, 0.25) is 0 Å². The maximum atomic E-state index is 12.5. The zero-order valence-electron chi connectivity index (χ0n) is 15.8. The fourth-order valence-electron chi connectivity index (χ4n) is 3.32. The Kier molecular flexibility index (Phi) is 7.02. The summed E-state index contributed by atoms with van der Waals surface area (Å²) < 4.78 is 10.9. The quantitative estimate of drug-likeness (QED) is 0.668. The van der Waals surface area contributed by atoms with Crippen molar-refractivity contribution >= 4 is 5.91 Å². The Balaban J connectivity index is 1.40. The molecule has 1 aliphatic rings. The molecule has 2 aromatic rings. The van der Waals surface area contributed by atoms with Crippen molar-refractivity contribution in [2.45, 2.75) is 44.6 Å². The first-order chi connectivity index (χ1) is 13.2. The van der Waals surface area contributed by atoms with Crippen molar-refractivity contribution < 1.29 is 14.3 Å². The molecular formula is C21H27N3O3. The van der Waals surface area contributed by atoms with E-state index in [4.69, 9.17) is 9.47 Å². The molecule has 1 unspecified atom stereocenters. The summed E-state index contributed by atoms with van der Waals surface area (Å²) in [5, 5.41) is 7.92. The van der Waals surface area contributed by atoms with Gasteiger partial charge in [-0.25, -0.2) is 0 Å². The largest absolute Gasteiger partial charge is 0.480 e. The molecule has 0 saturated carbocycles. The molecule has 3 rings (SSSR count). The van der Waals surface area contributed by atoms with Crippen LogP contribution in [0.4, 0.5) is 0 Å². The van der Waals surface area contributed by atoms with Gasteiger partial charge in [-0.15, -0.1) is 10.2 Å². The van der Waals surface area contributed by atoms with Crippen LogP contribution in [0.15, 0.2) is 42.5 Å². The van der Waals surface area contributed by atoms with E-state index in [1.54, 1.807) is 19.2 Å². The van der Waals surface area contributed by atoms with Crippen LogP contribution in [0.5, 0.6) is 11.8 Å². The highest BCUT2D eigenvalue weighted by Gasteiger charge is 2.25. The molecule has 0 radical (unpaired) electrons. The van der Waals surface area contributed by atoms with Gasteiger partial charge in [0, 0.05) is 25.1 Å². The number of amides is 1. The lowest BCUT2D eigenvalue weighted by Crippen LogP contribution is -2.44. The van der Waals surface area contributed by atoms with Crippen LogP contribution in [0.1, 0.15) is 37.7 Å². The molecule has 6 nitrogen and oxygen atoms in total. The second kappa shape index (κ2) is 9.90. The number of piperidine rings is 1. The molecule has 6 heteroatoms. The van der Waals surface area contributed by atoms with Crippen LogP contribution < -0.4 is 9.47 Å². The van der Waals surface area contributed by atoms with Crippen molar-refractivity contribution in [1.82, 2.24) is 15.1 Å². The Morgan fingerprint density at radius 1 is 1.11 bits per heavy atom. The highest BCUT2D eigenvalue weighted by molar-refractivity contribution is 5.76. The zero-order chi connectivity index (χ0) is 18.9. The molecule has 1 saturated heterocycles. The maximum absolute atomic E-state index is 12.5. The predicted molar refractivity (Wildman–Crippen MR) is 103 cm³/mol. The van der Waals surface area contributed by atoms with Crippen LogP contribution >= 0.6 is 0 Å². The van der Waals surface area contributed by atoms with Gasteiger partial charge in [0.05, 0.1) is 13.7 Å². The number of benzene rings is 1. The first kappa shape index (κ1) is 19.1. The monoisotopic (exact) mass is 369 g/mol. The normalized spacial score (nSPS) is 16.8. The second-order valence-corrected chi connectivity index (χ2v) is 6.83. The highest BCUT2D eigenvalue weighted by atomic mass is 16.5. The van der Waals surface area contributed by atoms with Crippen molar-refractivity contribution in [2.75, 3.05) is 20.2 Å². The van der Waals surface area contributed by atoms with Crippen molar-refractivity contribution in [3.05, 3.63) is 48.0 Å². The van der Waals surface area contributed by atoms with Crippen molar-refractivity contribution in [2.24, 2.45) is 0 Å². The highest BCUT2D eigenvalue weighted by Crippen LogP contribution is 2.18. The Labute approximate surface area is 160 Å². The number of unbranched alkanes of at least 4 members (excludes halogenated alkanes) is 1. The van der Waals surface area contributed by atoms with Crippen LogP contribution in [0.3, 0.4) is 0 Å². The zero-order valence-corrected chi connectivity index (χ0v) is 15.8. The molecule has 2 heterocycles. The lowest BCUT2D eigenvalue weighted by Gasteiger charge is -2.32. The fraction of sp³-hybridized carbons (Fsp3) is 0.476. The number of carbonyl (C=O) groups excluding carboxylic acids is 1. The lowest BCUT2D eigenvalue weighted by molar-refractivity contribution is -0.134. The Morgan fingerprint density at radius 3 is 2.63 bits per heavy atom. The Hall–Kier alpha value is -2.63. The van der Waals surface area contributed by atoms with E-state index in [1.165, 1.54) is 5.56 Å². The van der Waals surface area contributed by atoms with Gasteiger partial charge in [-0.2, -0.15) is 0 Å². The van der Waals surface area contributed by atoms with Crippen molar-refractivity contribution in [1.29, 1.82) is 0 Å². The third-order valence-corrected chi connectivity index (χ3v) is 4.79. The summed E-state index contributed by atoms with van der Waals surface area (Å²) in [6, 6.07) is 13.9. The van der Waals surface area contributed by atoms with Gasteiger partial charge in [0.1, 0.15) is 6.10 Å². The van der Waals surface area contributed by atoms with Crippen LogP contribution in [-0.2, 0) is 11.2 Å². The first-order valence-corrected chi connectivity index (χ1v) is 9.60.